The predicted octanol–water partition coefficient (Wildman–Crippen LogP) is 2.97. The lowest BCUT2D eigenvalue weighted by atomic mass is 9.82. The summed E-state index contributed by atoms with van der Waals surface area (Å²) >= 11 is 0. The van der Waals surface area contributed by atoms with Crippen molar-refractivity contribution >= 4 is 17.7 Å². The summed E-state index contributed by atoms with van der Waals surface area (Å²) in [6, 6.07) is 15.3. The molecule has 0 unspecified atom stereocenters. The predicted molar refractivity (Wildman–Crippen MR) is 96.2 cm³/mol. The maximum absolute atomic E-state index is 13.0. The molecule has 1 fully saturated rings. The van der Waals surface area contributed by atoms with Gasteiger partial charge in [-0.05, 0) is 36.8 Å². The molecule has 0 saturated carbocycles. The van der Waals surface area contributed by atoms with Crippen LogP contribution in [-0.4, -0.2) is 31.4 Å². The fraction of sp³-hybridized carbons (Fsp3) is 0.286. The number of ketones is 1. The molecule has 2 aromatic rings. The highest BCUT2D eigenvalue weighted by Gasteiger charge is 2.53. The number of carbonyl (C=O) groups is 3. The van der Waals surface area contributed by atoms with Gasteiger partial charge in [0.1, 0.15) is 23.7 Å². The van der Waals surface area contributed by atoms with Crippen LogP contribution in [-0.2, 0) is 19.1 Å². The van der Waals surface area contributed by atoms with Crippen LogP contribution in [0.2, 0.25) is 0 Å². The first kappa shape index (κ1) is 18.6. The maximum Gasteiger partial charge on any atom is 0.318 e. The summed E-state index contributed by atoms with van der Waals surface area (Å²) < 4.78 is 15.7. The highest BCUT2D eigenvalue weighted by molar-refractivity contribution is 6.12. The second kappa shape index (κ2) is 8.03. The van der Waals surface area contributed by atoms with Crippen LogP contribution in [0.1, 0.15) is 28.9 Å². The van der Waals surface area contributed by atoms with Crippen LogP contribution in [0.25, 0.3) is 0 Å². The quantitative estimate of drug-likeness (QED) is 0.443. The second-order valence-electron chi connectivity index (χ2n) is 6.12. The van der Waals surface area contributed by atoms with Gasteiger partial charge >= 0.3 is 11.9 Å². The van der Waals surface area contributed by atoms with E-state index in [0.717, 1.165) is 0 Å². The van der Waals surface area contributed by atoms with E-state index >= 15 is 0 Å². The van der Waals surface area contributed by atoms with Crippen LogP contribution in [0.5, 0.6) is 5.75 Å². The number of ether oxygens (including phenoxy) is 3. The zero-order chi connectivity index (χ0) is 19.4. The standard InChI is InChI=1S/C21H20O6/c1-3-26-20(23)17-16(18(22)13-9-11-15(25-2)12-10-13)21(24)27-19(17)14-7-5-4-6-8-14/h4-12,16-17,19H,3H2,1-2H3/t16-,17+,19+/m1/s1. The lowest BCUT2D eigenvalue weighted by molar-refractivity contribution is -0.150. The Morgan fingerprint density at radius 3 is 2.30 bits per heavy atom. The zero-order valence-electron chi connectivity index (χ0n) is 15.1. The van der Waals surface area contributed by atoms with E-state index in [9.17, 15) is 14.4 Å². The molecule has 0 amide bonds. The number of rotatable bonds is 6. The summed E-state index contributed by atoms with van der Waals surface area (Å²) in [5, 5.41) is 0. The van der Waals surface area contributed by atoms with Crippen LogP contribution in [0.15, 0.2) is 54.6 Å². The smallest absolute Gasteiger partial charge is 0.318 e. The first-order chi connectivity index (χ1) is 13.1. The van der Waals surface area contributed by atoms with E-state index in [1.807, 2.05) is 6.07 Å². The zero-order valence-corrected chi connectivity index (χ0v) is 15.1. The summed E-state index contributed by atoms with van der Waals surface area (Å²) in [6.45, 7) is 1.82. The van der Waals surface area contributed by atoms with Crippen LogP contribution in [0.3, 0.4) is 0 Å². The summed E-state index contributed by atoms with van der Waals surface area (Å²) in [4.78, 5) is 38.1. The molecule has 0 bridgehead atoms. The van der Waals surface area contributed by atoms with Crippen molar-refractivity contribution in [2.75, 3.05) is 13.7 Å². The fourth-order valence-corrected chi connectivity index (χ4v) is 3.21. The van der Waals surface area contributed by atoms with Crippen molar-refractivity contribution in [3.63, 3.8) is 0 Å². The van der Waals surface area contributed by atoms with Gasteiger partial charge in [-0.3, -0.25) is 14.4 Å². The number of Topliss-reactive ketones (excluding diaryl/α,β-unsaturated/α-hetero) is 1. The third kappa shape index (κ3) is 3.69. The molecule has 0 spiro atoms. The van der Waals surface area contributed by atoms with Crippen LogP contribution < -0.4 is 4.74 Å². The van der Waals surface area contributed by atoms with Gasteiger partial charge in [0.25, 0.3) is 0 Å². The van der Waals surface area contributed by atoms with Gasteiger partial charge in [-0.2, -0.15) is 0 Å². The third-order valence-corrected chi connectivity index (χ3v) is 4.53. The molecule has 0 aliphatic carbocycles. The first-order valence-electron chi connectivity index (χ1n) is 8.67. The molecule has 3 atom stereocenters. The SMILES string of the molecule is CCOC(=O)[C@H]1[C@H](C(=O)c2ccc(OC)cc2)C(=O)O[C@H]1c1ccccc1. The van der Waals surface area contributed by atoms with E-state index < -0.39 is 35.7 Å². The highest BCUT2D eigenvalue weighted by Crippen LogP contribution is 2.41. The molecule has 1 saturated heterocycles. The monoisotopic (exact) mass is 368 g/mol. The van der Waals surface area contributed by atoms with Gasteiger partial charge < -0.3 is 14.2 Å². The summed E-state index contributed by atoms with van der Waals surface area (Å²) in [7, 11) is 1.52. The van der Waals surface area contributed by atoms with Crippen molar-refractivity contribution in [3.05, 3.63) is 65.7 Å². The minimum Gasteiger partial charge on any atom is -0.497 e. The van der Waals surface area contributed by atoms with Gasteiger partial charge in [0, 0.05) is 5.56 Å². The number of carbonyl (C=O) groups excluding carboxylic acids is 3. The van der Waals surface area contributed by atoms with Crippen molar-refractivity contribution in [2.45, 2.75) is 13.0 Å². The van der Waals surface area contributed by atoms with Crippen molar-refractivity contribution in [2.24, 2.45) is 11.8 Å². The Labute approximate surface area is 157 Å². The normalized spacial score (nSPS) is 21.4. The summed E-state index contributed by atoms with van der Waals surface area (Å²) in [5.74, 6) is -3.51. The summed E-state index contributed by atoms with van der Waals surface area (Å²) in [5.41, 5.74) is 0.953. The average molecular weight is 368 g/mol. The lowest BCUT2D eigenvalue weighted by Gasteiger charge is -2.19. The number of esters is 2. The van der Waals surface area contributed by atoms with Crippen LogP contribution in [0.4, 0.5) is 0 Å². The molecule has 140 valence electrons. The van der Waals surface area contributed by atoms with Gasteiger partial charge in [-0.1, -0.05) is 30.3 Å². The molecule has 3 rings (SSSR count). The molecule has 0 N–H and O–H groups in total. The van der Waals surface area contributed by atoms with E-state index in [4.69, 9.17) is 14.2 Å². The van der Waals surface area contributed by atoms with Gasteiger partial charge in [0.05, 0.1) is 13.7 Å². The van der Waals surface area contributed by atoms with Crippen molar-refractivity contribution in [3.8, 4) is 5.75 Å². The van der Waals surface area contributed by atoms with E-state index in [1.54, 1.807) is 55.5 Å². The Bertz CT molecular complexity index is 828. The molecule has 1 aliphatic rings. The van der Waals surface area contributed by atoms with Crippen molar-refractivity contribution in [1.82, 2.24) is 0 Å². The Kier molecular flexibility index (Phi) is 5.54. The lowest BCUT2D eigenvalue weighted by Crippen LogP contribution is -2.33. The van der Waals surface area contributed by atoms with Crippen molar-refractivity contribution in [1.29, 1.82) is 0 Å². The molecule has 6 heteroatoms. The molecule has 0 aromatic heterocycles. The number of cyclic esters (lactones) is 1. The van der Waals surface area contributed by atoms with E-state index in [2.05, 4.69) is 0 Å². The topological polar surface area (TPSA) is 78.9 Å². The Morgan fingerprint density at radius 2 is 1.70 bits per heavy atom. The highest BCUT2D eigenvalue weighted by atomic mass is 16.6. The molecule has 6 nitrogen and oxygen atoms in total. The molecular weight excluding hydrogens is 348 g/mol. The fourth-order valence-electron chi connectivity index (χ4n) is 3.21. The summed E-state index contributed by atoms with van der Waals surface area (Å²) in [6.07, 6.45) is -0.857. The van der Waals surface area contributed by atoms with Gasteiger partial charge in [-0.15, -0.1) is 0 Å². The third-order valence-electron chi connectivity index (χ3n) is 4.53. The maximum atomic E-state index is 13.0. The molecule has 27 heavy (non-hydrogen) atoms. The minimum atomic E-state index is -1.25. The molecule has 2 aromatic carbocycles. The second-order valence-corrected chi connectivity index (χ2v) is 6.12. The van der Waals surface area contributed by atoms with Crippen LogP contribution >= 0.6 is 0 Å². The Hall–Kier alpha value is -3.15. The number of hydrogen-bond acceptors (Lipinski definition) is 6. The van der Waals surface area contributed by atoms with E-state index in [0.29, 0.717) is 16.9 Å². The van der Waals surface area contributed by atoms with E-state index in [-0.39, 0.29) is 6.61 Å². The molecular formula is C21H20O6. The van der Waals surface area contributed by atoms with Gasteiger partial charge in [0.15, 0.2) is 5.78 Å². The van der Waals surface area contributed by atoms with Gasteiger partial charge in [0.2, 0.25) is 0 Å². The van der Waals surface area contributed by atoms with Crippen LogP contribution in [0, 0.1) is 11.8 Å². The Balaban J connectivity index is 1.96. The number of benzene rings is 2. The molecule has 0 radical (unpaired) electrons. The van der Waals surface area contributed by atoms with Crippen molar-refractivity contribution < 1.29 is 28.6 Å². The molecule has 1 heterocycles. The Morgan fingerprint density at radius 1 is 1.04 bits per heavy atom. The van der Waals surface area contributed by atoms with E-state index in [1.165, 1.54) is 7.11 Å². The molecule has 1 aliphatic heterocycles. The number of hydrogen-bond donors (Lipinski definition) is 0. The van der Waals surface area contributed by atoms with Gasteiger partial charge in [-0.25, -0.2) is 0 Å². The first-order valence-corrected chi connectivity index (χ1v) is 8.67. The largest absolute Gasteiger partial charge is 0.497 e. The average Bonchev–Trinajstić information content (AvgIpc) is 3.05. The minimum absolute atomic E-state index is 0.147. The number of methoxy groups -OCH3 is 1.